The summed E-state index contributed by atoms with van der Waals surface area (Å²) in [6, 6.07) is 2.75. The Morgan fingerprint density at radius 3 is 2.72 bits per heavy atom. The fourth-order valence-corrected chi connectivity index (χ4v) is 4.25. The molecule has 1 atom stereocenters. The van der Waals surface area contributed by atoms with Gasteiger partial charge in [0.05, 0.1) is 58.9 Å². The highest BCUT2D eigenvalue weighted by atomic mass is 35.5. The van der Waals surface area contributed by atoms with E-state index in [1.165, 1.54) is 29.3 Å². The largest absolute Gasteiger partial charge is 0.494 e. The topological polar surface area (TPSA) is 116 Å². The average molecular weight is 474 g/mol. The summed E-state index contributed by atoms with van der Waals surface area (Å²) in [4.78, 5) is 22.6. The van der Waals surface area contributed by atoms with E-state index in [1.807, 2.05) is 13.8 Å². The fraction of sp³-hybridized carbons (Fsp3) is 0.250. The smallest absolute Gasteiger partial charge is 0.323 e. The molecule has 3 heterocycles. The molecular weight excluding hydrogens is 454 g/mol. The van der Waals surface area contributed by atoms with Crippen molar-refractivity contribution < 1.29 is 14.3 Å². The number of thiazole rings is 1. The maximum Gasteiger partial charge on any atom is 0.323 e. The Kier molecular flexibility index (Phi) is 6.21. The Hall–Kier alpha value is -3.28. The summed E-state index contributed by atoms with van der Waals surface area (Å²) in [5.41, 5.74) is 2.91. The van der Waals surface area contributed by atoms with E-state index in [0.717, 1.165) is 15.4 Å². The lowest BCUT2D eigenvalue weighted by atomic mass is 10.1. The van der Waals surface area contributed by atoms with Gasteiger partial charge < -0.3 is 20.1 Å². The monoisotopic (exact) mass is 473 g/mol. The van der Waals surface area contributed by atoms with Gasteiger partial charge in [0.25, 0.3) is 0 Å². The van der Waals surface area contributed by atoms with E-state index in [-0.39, 0.29) is 6.10 Å². The zero-order valence-electron chi connectivity index (χ0n) is 17.7. The lowest BCUT2D eigenvalue weighted by Gasteiger charge is -2.17. The van der Waals surface area contributed by atoms with Crippen LogP contribution in [0.15, 0.2) is 30.7 Å². The molecule has 2 N–H and O–H groups in total. The number of aryl methyl sites for hydroxylation is 1. The molecule has 0 saturated carbocycles. The van der Waals surface area contributed by atoms with Crippen LogP contribution in [-0.2, 0) is 4.74 Å². The molecule has 0 aliphatic carbocycles. The number of fused-ring (bicyclic) bond motifs is 1. The number of methoxy groups -OCH3 is 2. The van der Waals surface area contributed by atoms with Gasteiger partial charge in [-0.15, -0.1) is 5.10 Å². The van der Waals surface area contributed by atoms with Crippen molar-refractivity contribution in [1.29, 1.82) is 0 Å². The zero-order chi connectivity index (χ0) is 22.8. The van der Waals surface area contributed by atoms with Crippen LogP contribution in [0.1, 0.15) is 23.6 Å². The standard InChI is InChI=1S/C20H20ClN7O3S/c1-10(30-3)17-14(9-22-19-18(17)24-11(2)32-19)26-20(29)25-13-7-12(21)15(8-16(13)31-4)28-6-5-23-27-28/h5-10H,1-4H3,(H2,25,26,29). The summed E-state index contributed by atoms with van der Waals surface area (Å²) in [6.45, 7) is 3.80. The van der Waals surface area contributed by atoms with Crippen LogP contribution < -0.4 is 15.4 Å². The molecule has 0 aliphatic heterocycles. The molecule has 0 aliphatic rings. The Morgan fingerprint density at radius 2 is 2.03 bits per heavy atom. The van der Waals surface area contributed by atoms with E-state index < -0.39 is 6.03 Å². The third-order valence-corrected chi connectivity index (χ3v) is 5.95. The van der Waals surface area contributed by atoms with Crippen LogP contribution in [0.5, 0.6) is 5.75 Å². The van der Waals surface area contributed by atoms with Gasteiger partial charge in [-0.2, -0.15) is 0 Å². The molecule has 3 aromatic heterocycles. The number of anilines is 2. The third-order valence-electron chi connectivity index (χ3n) is 4.77. The summed E-state index contributed by atoms with van der Waals surface area (Å²) < 4.78 is 12.4. The number of hydrogen-bond acceptors (Lipinski definition) is 8. The van der Waals surface area contributed by atoms with E-state index in [9.17, 15) is 4.79 Å². The second kappa shape index (κ2) is 9.07. The Morgan fingerprint density at radius 1 is 1.25 bits per heavy atom. The number of hydrogen-bond donors (Lipinski definition) is 2. The van der Waals surface area contributed by atoms with E-state index in [0.29, 0.717) is 33.4 Å². The van der Waals surface area contributed by atoms with Gasteiger partial charge in [0.1, 0.15) is 16.1 Å². The first-order valence-electron chi connectivity index (χ1n) is 9.52. The lowest BCUT2D eigenvalue weighted by molar-refractivity contribution is 0.121. The number of rotatable bonds is 6. The number of benzene rings is 1. The van der Waals surface area contributed by atoms with Crippen molar-refractivity contribution in [1.82, 2.24) is 25.0 Å². The maximum atomic E-state index is 12.8. The van der Waals surface area contributed by atoms with Crippen molar-refractivity contribution in [3.63, 3.8) is 0 Å². The predicted octanol–water partition coefficient (Wildman–Crippen LogP) is 4.59. The minimum atomic E-state index is -0.495. The number of pyridine rings is 1. The van der Waals surface area contributed by atoms with Gasteiger partial charge >= 0.3 is 6.03 Å². The lowest BCUT2D eigenvalue weighted by Crippen LogP contribution is -2.21. The number of nitrogens with zero attached hydrogens (tertiary/aromatic N) is 5. The number of ether oxygens (including phenoxy) is 2. The molecule has 32 heavy (non-hydrogen) atoms. The predicted molar refractivity (Wildman–Crippen MR) is 123 cm³/mol. The third kappa shape index (κ3) is 4.22. The molecule has 0 fully saturated rings. The van der Waals surface area contributed by atoms with Gasteiger partial charge in [-0.05, 0) is 19.9 Å². The highest BCUT2D eigenvalue weighted by molar-refractivity contribution is 7.18. The van der Waals surface area contributed by atoms with E-state index >= 15 is 0 Å². The van der Waals surface area contributed by atoms with Crippen LogP contribution >= 0.6 is 22.9 Å². The van der Waals surface area contributed by atoms with Gasteiger partial charge in [0, 0.05) is 18.7 Å². The van der Waals surface area contributed by atoms with Crippen molar-refractivity contribution in [2.45, 2.75) is 20.0 Å². The van der Waals surface area contributed by atoms with Crippen LogP contribution in [0.25, 0.3) is 16.0 Å². The number of carbonyl (C=O) groups excluding carboxylic acids is 1. The molecule has 2 amide bonds. The van der Waals surface area contributed by atoms with Crippen molar-refractivity contribution in [2.75, 3.05) is 24.9 Å². The van der Waals surface area contributed by atoms with Gasteiger partial charge in [0.2, 0.25) is 0 Å². The molecule has 4 rings (SSSR count). The quantitative estimate of drug-likeness (QED) is 0.420. The summed E-state index contributed by atoms with van der Waals surface area (Å²) in [6.07, 6.45) is 4.49. The first-order valence-corrected chi connectivity index (χ1v) is 10.7. The van der Waals surface area contributed by atoms with Crippen LogP contribution in [0, 0.1) is 6.92 Å². The van der Waals surface area contributed by atoms with Crippen LogP contribution in [0.4, 0.5) is 16.2 Å². The molecule has 4 aromatic rings. The Labute approximate surface area is 192 Å². The first-order chi connectivity index (χ1) is 15.4. The zero-order valence-corrected chi connectivity index (χ0v) is 19.3. The number of urea groups is 1. The molecule has 1 aromatic carbocycles. The molecule has 12 heteroatoms. The second-order valence-electron chi connectivity index (χ2n) is 6.78. The van der Waals surface area contributed by atoms with E-state index in [2.05, 4.69) is 30.9 Å². The minimum absolute atomic E-state index is 0.303. The Balaban J connectivity index is 1.63. The fourth-order valence-electron chi connectivity index (χ4n) is 3.23. The number of carbonyl (C=O) groups is 1. The second-order valence-corrected chi connectivity index (χ2v) is 8.37. The van der Waals surface area contributed by atoms with E-state index in [4.69, 9.17) is 21.1 Å². The van der Waals surface area contributed by atoms with Gasteiger partial charge in [-0.25, -0.2) is 19.4 Å². The highest BCUT2D eigenvalue weighted by Crippen LogP contribution is 2.35. The van der Waals surface area contributed by atoms with Crippen molar-refractivity contribution in [3.05, 3.63) is 46.3 Å². The summed E-state index contributed by atoms with van der Waals surface area (Å²) in [7, 11) is 3.10. The molecular formula is C20H20ClN7O3S. The van der Waals surface area contributed by atoms with Gasteiger partial charge in [-0.3, -0.25) is 0 Å². The molecule has 0 spiro atoms. The highest BCUT2D eigenvalue weighted by Gasteiger charge is 2.20. The summed E-state index contributed by atoms with van der Waals surface area (Å²) in [5, 5.41) is 14.6. The molecule has 1 unspecified atom stereocenters. The van der Waals surface area contributed by atoms with Crippen molar-refractivity contribution in [3.8, 4) is 11.4 Å². The summed E-state index contributed by atoms with van der Waals surface area (Å²) in [5.74, 6) is 0.407. The molecule has 166 valence electrons. The SMILES string of the molecule is COc1cc(-n2ccnn2)c(Cl)cc1NC(=O)Nc1cnc2sc(C)nc2c1C(C)OC. The van der Waals surface area contributed by atoms with Gasteiger partial charge in [-0.1, -0.05) is 28.2 Å². The van der Waals surface area contributed by atoms with Gasteiger partial charge in [0.15, 0.2) is 0 Å². The normalized spacial score (nSPS) is 12.0. The number of aromatic nitrogens is 5. The Bertz CT molecular complexity index is 1280. The number of halogens is 1. The first kappa shape index (κ1) is 21.9. The van der Waals surface area contributed by atoms with Crippen LogP contribution in [0.3, 0.4) is 0 Å². The van der Waals surface area contributed by atoms with Crippen LogP contribution in [-0.4, -0.2) is 45.2 Å². The van der Waals surface area contributed by atoms with Crippen molar-refractivity contribution >= 4 is 50.7 Å². The average Bonchev–Trinajstić information content (AvgIpc) is 3.42. The molecule has 10 nitrogen and oxygen atoms in total. The maximum absolute atomic E-state index is 12.8. The minimum Gasteiger partial charge on any atom is -0.494 e. The van der Waals surface area contributed by atoms with Crippen molar-refractivity contribution in [2.24, 2.45) is 0 Å². The summed E-state index contributed by atoms with van der Waals surface area (Å²) >= 11 is 7.88. The number of amides is 2. The number of nitrogens with one attached hydrogen (secondary N) is 2. The van der Waals surface area contributed by atoms with E-state index in [1.54, 1.807) is 31.6 Å². The molecule has 0 bridgehead atoms. The molecule has 0 saturated heterocycles. The van der Waals surface area contributed by atoms with Crippen LogP contribution in [0.2, 0.25) is 5.02 Å². The molecule has 0 radical (unpaired) electrons.